The Kier molecular flexibility index (Phi) is 6.51. The summed E-state index contributed by atoms with van der Waals surface area (Å²) in [5.74, 6) is -3.89. The van der Waals surface area contributed by atoms with E-state index in [1.54, 1.807) is 24.3 Å². The lowest BCUT2D eigenvalue weighted by Gasteiger charge is -2.13. The van der Waals surface area contributed by atoms with Crippen LogP contribution in [0.25, 0.3) is 33.2 Å². The number of rotatable bonds is 6. The van der Waals surface area contributed by atoms with Crippen LogP contribution in [-0.4, -0.2) is 24.3 Å². The molecular weight excluding hydrogens is 545 g/mol. The Bertz CT molecular complexity index is 1950. The lowest BCUT2D eigenvalue weighted by atomic mass is 9.99. The first-order valence-corrected chi connectivity index (χ1v) is 12.9. The fourth-order valence-electron chi connectivity index (χ4n) is 4.08. The van der Waals surface area contributed by atoms with Gasteiger partial charge in [0.25, 0.3) is 15.9 Å². The van der Waals surface area contributed by atoms with Gasteiger partial charge in [0.15, 0.2) is 0 Å². The summed E-state index contributed by atoms with van der Waals surface area (Å²) in [6, 6.07) is 14.2. The fraction of sp³-hybridized carbons (Fsp3) is 0. The van der Waals surface area contributed by atoms with E-state index in [1.165, 1.54) is 24.4 Å². The van der Waals surface area contributed by atoms with E-state index in [0.717, 1.165) is 18.2 Å². The zero-order chi connectivity index (χ0) is 28.8. The molecule has 40 heavy (non-hydrogen) atoms. The Hall–Kier alpha value is -5.17. The first kappa shape index (κ1) is 26.4. The standard InChI is InChI=1S/C27H19F3N6O3S/c28-17-3-6-23(21(30)11-17)36-40(38,39)24-10-16(12-34-26(24)32)13-2-5-22-15(7-13)9-18(25(31)35-22)14-1-4-20(29)19(8-14)27(33)37/h1-12,36H,(H2,31,35)(H2,32,34)(H2,33,37). The van der Waals surface area contributed by atoms with E-state index in [4.69, 9.17) is 17.2 Å². The summed E-state index contributed by atoms with van der Waals surface area (Å²) in [5.41, 5.74) is 18.7. The van der Waals surface area contributed by atoms with Crippen molar-refractivity contribution in [1.82, 2.24) is 9.97 Å². The third-order valence-electron chi connectivity index (χ3n) is 6.07. The van der Waals surface area contributed by atoms with Gasteiger partial charge in [-0.3, -0.25) is 9.52 Å². The van der Waals surface area contributed by atoms with Crippen molar-refractivity contribution in [1.29, 1.82) is 0 Å². The van der Waals surface area contributed by atoms with E-state index in [1.807, 2.05) is 0 Å². The third-order valence-corrected chi connectivity index (χ3v) is 7.46. The van der Waals surface area contributed by atoms with Gasteiger partial charge in [0, 0.05) is 28.8 Å². The largest absolute Gasteiger partial charge is 0.383 e. The highest BCUT2D eigenvalue weighted by atomic mass is 32.2. The van der Waals surface area contributed by atoms with Crippen LogP contribution in [0.4, 0.5) is 30.5 Å². The lowest BCUT2D eigenvalue weighted by molar-refractivity contribution is 0.0996. The second-order valence-corrected chi connectivity index (χ2v) is 10.4. The number of nitrogens with two attached hydrogens (primary N) is 3. The smallest absolute Gasteiger partial charge is 0.265 e. The fourth-order valence-corrected chi connectivity index (χ4v) is 5.26. The molecular formula is C27H19F3N6O3S. The molecule has 3 aromatic carbocycles. The van der Waals surface area contributed by atoms with Crippen LogP contribution in [0.15, 0.2) is 77.8 Å². The van der Waals surface area contributed by atoms with Gasteiger partial charge in [0.05, 0.1) is 16.8 Å². The summed E-state index contributed by atoms with van der Waals surface area (Å²) in [5, 5.41) is 0.583. The first-order chi connectivity index (χ1) is 18.9. The van der Waals surface area contributed by atoms with Crippen LogP contribution in [0.1, 0.15) is 10.4 Å². The number of nitrogens with zero attached hydrogens (tertiary/aromatic N) is 2. The molecule has 13 heteroatoms. The van der Waals surface area contributed by atoms with Crippen LogP contribution in [0.5, 0.6) is 0 Å². The number of amides is 1. The number of fused-ring (bicyclic) bond motifs is 1. The number of nitrogens with one attached hydrogen (secondary N) is 1. The number of hydrogen-bond donors (Lipinski definition) is 4. The Morgan fingerprint density at radius 1 is 0.800 bits per heavy atom. The predicted octanol–water partition coefficient (Wildman–Crippen LogP) is 4.45. The highest BCUT2D eigenvalue weighted by molar-refractivity contribution is 7.92. The van der Waals surface area contributed by atoms with E-state index < -0.39 is 44.0 Å². The number of carbonyl (C=O) groups is 1. The van der Waals surface area contributed by atoms with E-state index in [9.17, 15) is 26.4 Å². The Morgan fingerprint density at radius 3 is 2.27 bits per heavy atom. The topological polar surface area (TPSA) is 167 Å². The summed E-state index contributed by atoms with van der Waals surface area (Å²) < 4.78 is 69.4. The molecule has 0 saturated carbocycles. The number of primary amides is 1. The molecule has 0 aliphatic rings. The third kappa shape index (κ3) is 4.97. The molecule has 5 rings (SSSR count). The van der Waals surface area contributed by atoms with Gasteiger partial charge < -0.3 is 17.2 Å². The van der Waals surface area contributed by atoms with Crippen molar-refractivity contribution in [2.24, 2.45) is 5.73 Å². The molecule has 0 aliphatic carbocycles. The van der Waals surface area contributed by atoms with Crippen LogP contribution in [0, 0.1) is 17.5 Å². The Labute approximate surface area is 225 Å². The van der Waals surface area contributed by atoms with Crippen LogP contribution in [-0.2, 0) is 10.0 Å². The number of carbonyl (C=O) groups excluding carboxylic acids is 1. The van der Waals surface area contributed by atoms with Crippen LogP contribution >= 0.6 is 0 Å². The molecule has 202 valence electrons. The zero-order valence-electron chi connectivity index (χ0n) is 20.3. The van der Waals surface area contributed by atoms with Crippen LogP contribution in [0.2, 0.25) is 0 Å². The van der Waals surface area contributed by atoms with E-state index >= 15 is 0 Å². The minimum Gasteiger partial charge on any atom is -0.383 e. The zero-order valence-corrected chi connectivity index (χ0v) is 21.1. The normalized spacial score (nSPS) is 11.5. The number of pyridine rings is 2. The van der Waals surface area contributed by atoms with E-state index in [-0.39, 0.29) is 17.2 Å². The van der Waals surface area contributed by atoms with Crippen molar-refractivity contribution in [3.63, 3.8) is 0 Å². The number of halogens is 3. The number of hydrogen-bond acceptors (Lipinski definition) is 7. The number of benzene rings is 3. The quantitative estimate of drug-likeness (QED) is 0.236. The molecule has 0 spiro atoms. The summed E-state index contributed by atoms with van der Waals surface area (Å²) in [4.78, 5) is 19.5. The Balaban J connectivity index is 1.56. The molecule has 0 radical (unpaired) electrons. The summed E-state index contributed by atoms with van der Waals surface area (Å²) in [7, 11) is -4.41. The van der Waals surface area contributed by atoms with Crippen molar-refractivity contribution in [2.75, 3.05) is 16.2 Å². The van der Waals surface area contributed by atoms with Crippen molar-refractivity contribution in [3.8, 4) is 22.3 Å². The second kappa shape index (κ2) is 9.85. The highest BCUT2D eigenvalue weighted by Gasteiger charge is 2.22. The van der Waals surface area contributed by atoms with E-state index in [0.29, 0.717) is 39.2 Å². The molecule has 0 fully saturated rings. The summed E-state index contributed by atoms with van der Waals surface area (Å²) in [6.07, 6.45) is 1.36. The minimum absolute atomic E-state index is 0.129. The monoisotopic (exact) mass is 564 g/mol. The van der Waals surface area contributed by atoms with Gasteiger partial charge in [-0.15, -0.1) is 0 Å². The average molecular weight is 565 g/mol. The molecule has 2 heterocycles. The molecule has 5 aromatic rings. The van der Waals surface area contributed by atoms with Crippen molar-refractivity contribution < 1.29 is 26.4 Å². The second-order valence-electron chi connectivity index (χ2n) is 8.72. The number of sulfonamides is 1. The summed E-state index contributed by atoms with van der Waals surface area (Å²) in [6.45, 7) is 0. The SMILES string of the molecule is NC(=O)c1cc(-c2cc3cc(-c4cnc(N)c(S(=O)(=O)Nc5ccc(F)cc5F)c4)ccc3nc2N)ccc1F. The minimum atomic E-state index is -4.41. The van der Waals surface area contributed by atoms with Crippen molar-refractivity contribution in [2.45, 2.75) is 4.90 Å². The molecule has 2 aromatic heterocycles. The van der Waals surface area contributed by atoms with Crippen molar-refractivity contribution >= 4 is 44.2 Å². The molecule has 7 N–H and O–H groups in total. The summed E-state index contributed by atoms with van der Waals surface area (Å²) >= 11 is 0. The molecule has 0 aliphatic heterocycles. The molecule has 1 amide bonds. The van der Waals surface area contributed by atoms with E-state index in [2.05, 4.69) is 14.7 Å². The van der Waals surface area contributed by atoms with Gasteiger partial charge >= 0.3 is 0 Å². The predicted molar refractivity (Wildman–Crippen MR) is 145 cm³/mol. The number of anilines is 3. The molecule has 0 atom stereocenters. The number of aromatic nitrogens is 2. The molecule has 0 unspecified atom stereocenters. The molecule has 0 saturated heterocycles. The van der Waals surface area contributed by atoms with Gasteiger partial charge in [0.1, 0.15) is 34.0 Å². The van der Waals surface area contributed by atoms with Gasteiger partial charge in [-0.1, -0.05) is 12.1 Å². The first-order valence-electron chi connectivity index (χ1n) is 11.5. The maximum Gasteiger partial charge on any atom is 0.265 e. The van der Waals surface area contributed by atoms with Gasteiger partial charge in [-0.2, -0.15) is 0 Å². The van der Waals surface area contributed by atoms with Crippen LogP contribution in [0.3, 0.4) is 0 Å². The molecule has 0 bridgehead atoms. The maximum atomic E-state index is 14.1. The highest BCUT2D eigenvalue weighted by Crippen LogP contribution is 2.33. The maximum absolute atomic E-state index is 14.1. The van der Waals surface area contributed by atoms with Crippen molar-refractivity contribution in [3.05, 3.63) is 95.9 Å². The van der Waals surface area contributed by atoms with Gasteiger partial charge in [0.2, 0.25) is 0 Å². The van der Waals surface area contributed by atoms with Crippen LogP contribution < -0.4 is 21.9 Å². The van der Waals surface area contributed by atoms with Gasteiger partial charge in [-0.25, -0.2) is 31.6 Å². The Morgan fingerprint density at radius 2 is 1.55 bits per heavy atom. The lowest BCUT2D eigenvalue weighted by Crippen LogP contribution is -2.16. The molecule has 9 nitrogen and oxygen atoms in total. The average Bonchev–Trinajstić information content (AvgIpc) is 2.90. The number of nitrogen functional groups attached to an aromatic ring is 2. The van der Waals surface area contributed by atoms with Gasteiger partial charge in [-0.05, 0) is 59.7 Å².